The number of allylic oxidation sites excluding steroid dienone is 1. The van der Waals surface area contributed by atoms with Crippen molar-refractivity contribution in [3.63, 3.8) is 0 Å². The summed E-state index contributed by atoms with van der Waals surface area (Å²) >= 11 is 0. The number of benzene rings is 1. The molecule has 2 aliphatic rings. The number of hydrogen-bond donors (Lipinski definition) is 1. The number of nitriles is 1. The molecule has 0 amide bonds. The molecule has 0 spiro atoms. The summed E-state index contributed by atoms with van der Waals surface area (Å²) in [5, 5.41) is 12.3. The van der Waals surface area contributed by atoms with Crippen LogP contribution in [0.3, 0.4) is 0 Å². The van der Waals surface area contributed by atoms with E-state index in [1.165, 1.54) is 18.4 Å². The minimum absolute atomic E-state index is 0.661. The van der Waals surface area contributed by atoms with Gasteiger partial charge < -0.3 is 5.32 Å². The van der Waals surface area contributed by atoms with Crippen LogP contribution >= 0.6 is 0 Å². The highest BCUT2D eigenvalue weighted by Gasteiger charge is 2.40. The smallest absolute Gasteiger partial charge is 0.0991 e. The Morgan fingerprint density at radius 2 is 2.12 bits per heavy atom. The van der Waals surface area contributed by atoms with Crippen molar-refractivity contribution in [1.29, 1.82) is 5.26 Å². The van der Waals surface area contributed by atoms with E-state index in [0.29, 0.717) is 6.04 Å². The Bertz CT molecular complexity index is 467. The summed E-state index contributed by atoms with van der Waals surface area (Å²) in [5.74, 6) is 1.68. The van der Waals surface area contributed by atoms with E-state index in [1.54, 1.807) is 0 Å². The van der Waals surface area contributed by atoms with E-state index in [9.17, 15) is 0 Å². The van der Waals surface area contributed by atoms with Crippen LogP contribution in [0.15, 0.2) is 36.4 Å². The van der Waals surface area contributed by atoms with Crippen LogP contribution in [0.2, 0.25) is 0 Å². The second-order valence-electron chi connectivity index (χ2n) is 5.03. The lowest BCUT2D eigenvalue weighted by Crippen LogP contribution is -2.47. The monoisotopic (exact) mass is 224 g/mol. The lowest BCUT2D eigenvalue weighted by Gasteiger charge is -2.40. The van der Waals surface area contributed by atoms with Crippen molar-refractivity contribution < 1.29 is 0 Å². The molecule has 0 heterocycles. The van der Waals surface area contributed by atoms with Crippen molar-refractivity contribution in [2.45, 2.75) is 25.4 Å². The van der Waals surface area contributed by atoms with Crippen LogP contribution in [0.1, 0.15) is 24.0 Å². The van der Waals surface area contributed by atoms with Crippen molar-refractivity contribution >= 4 is 0 Å². The third kappa shape index (κ3) is 1.99. The first-order chi connectivity index (χ1) is 8.36. The van der Waals surface area contributed by atoms with E-state index in [2.05, 4.69) is 23.5 Å². The highest BCUT2D eigenvalue weighted by molar-refractivity contribution is 5.31. The first kappa shape index (κ1) is 10.6. The Morgan fingerprint density at radius 1 is 1.29 bits per heavy atom. The van der Waals surface area contributed by atoms with E-state index in [4.69, 9.17) is 5.26 Å². The van der Waals surface area contributed by atoms with E-state index in [1.807, 2.05) is 24.3 Å². The van der Waals surface area contributed by atoms with Gasteiger partial charge in [0, 0.05) is 12.6 Å². The summed E-state index contributed by atoms with van der Waals surface area (Å²) in [7, 11) is 0. The summed E-state index contributed by atoms with van der Waals surface area (Å²) in [6.45, 7) is 0.910. The third-order valence-corrected chi connectivity index (χ3v) is 4.01. The molecule has 86 valence electrons. The SMILES string of the molecule is N#Cc1ccc(CNC2CC3CC=CC32)cc1. The molecule has 3 rings (SSSR count). The van der Waals surface area contributed by atoms with Gasteiger partial charge in [0.1, 0.15) is 0 Å². The summed E-state index contributed by atoms with van der Waals surface area (Å²) < 4.78 is 0. The van der Waals surface area contributed by atoms with E-state index < -0.39 is 0 Å². The van der Waals surface area contributed by atoms with Crippen LogP contribution in [0.4, 0.5) is 0 Å². The Kier molecular flexibility index (Phi) is 2.70. The van der Waals surface area contributed by atoms with Crippen molar-refractivity contribution in [2.24, 2.45) is 11.8 Å². The van der Waals surface area contributed by atoms with Crippen molar-refractivity contribution in [1.82, 2.24) is 5.32 Å². The van der Waals surface area contributed by atoms with Crippen LogP contribution in [0.5, 0.6) is 0 Å². The second kappa shape index (κ2) is 4.35. The van der Waals surface area contributed by atoms with Gasteiger partial charge in [-0.05, 0) is 42.4 Å². The van der Waals surface area contributed by atoms with Gasteiger partial charge >= 0.3 is 0 Å². The van der Waals surface area contributed by atoms with Gasteiger partial charge in [0.2, 0.25) is 0 Å². The molecule has 0 saturated heterocycles. The molecular formula is C15H16N2. The Labute approximate surface area is 102 Å². The number of nitrogens with zero attached hydrogens (tertiary/aromatic N) is 1. The summed E-state index contributed by atoms with van der Waals surface area (Å²) in [5.41, 5.74) is 1.99. The first-order valence-corrected chi connectivity index (χ1v) is 6.26. The van der Waals surface area contributed by atoms with E-state index >= 15 is 0 Å². The molecule has 2 nitrogen and oxygen atoms in total. The molecule has 2 aliphatic carbocycles. The fourth-order valence-corrected chi connectivity index (χ4v) is 2.89. The maximum absolute atomic E-state index is 8.72. The zero-order valence-electron chi connectivity index (χ0n) is 9.76. The molecular weight excluding hydrogens is 208 g/mol. The van der Waals surface area contributed by atoms with Gasteiger partial charge in [-0.15, -0.1) is 0 Å². The van der Waals surface area contributed by atoms with Gasteiger partial charge in [-0.25, -0.2) is 0 Å². The Hall–Kier alpha value is -1.59. The van der Waals surface area contributed by atoms with Gasteiger partial charge in [-0.1, -0.05) is 24.3 Å². The predicted molar refractivity (Wildman–Crippen MR) is 67.1 cm³/mol. The molecule has 1 saturated carbocycles. The van der Waals surface area contributed by atoms with E-state index in [0.717, 1.165) is 23.9 Å². The highest BCUT2D eigenvalue weighted by atomic mass is 14.9. The maximum atomic E-state index is 8.72. The lowest BCUT2D eigenvalue weighted by molar-refractivity contribution is 0.162. The average molecular weight is 224 g/mol. The van der Waals surface area contributed by atoms with E-state index in [-0.39, 0.29) is 0 Å². The number of fused-ring (bicyclic) bond motifs is 1. The largest absolute Gasteiger partial charge is 0.309 e. The van der Waals surface area contributed by atoms with Gasteiger partial charge in [0.25, 0.3) is 0 Å². The lowest BCUT2D eigenvalue weighted by atomic mass is 9.71. The third-order valence-electron chi connectivity index (χ3n) is 4.01. The predicted octanol–water partition coefficient (Wildman–Crippen LogP) is 2.61. The zero-order valence-corrected chi connectivity index (χ0v) is 9.76. The minimum atomic E-state index is 0.661. The van der Waals surface area contributed by atoms with Crippen LogP contribution < -0.4 is 5.32 Å². The fourth-order valence-electron chi connectivity index (χ4n) is 2.89. The molecule has 0 aromatic heterocycles. The molecule has 17 heavy (non-hydrogen) atoms. The topological polar surface area (TPSA) is 35.8 Å². The number of nitrogens with one attached hydrogen (secondary N) is 1. The number of hydrogen-bond acceptors (Lipinski definition) is 2. The zero-order chi connectivity index (χ0) is 11.7. The molecule has 2 heteroatoms. The summed E-state index contributed by atoms with van der Waals surface area (Å²) in [4.78, 5) is 0. The van der Waals surface area contributed by atoms with Crippen molar-refractivity contribution in [3.05, 3.63) is 47.5 Å². The van der Waals surface area contributed by atoms with Gasteiger partial charge in [-0.2, -0.15) is 5.26 Å². The Balaban J connectivity index is 1.54. The Morgan fingerprint density at radius 3 is 2.82 bits per heavy atom. The second-order valence-corrected chi connectivity index (χ2v) is 5.03. The summed E-state index contributed by atoms with van der Waals surface area (Å²) in [6.07, 6.45) is 7.27. The first-order valence-electron chi connectivity index (χ1n) is 6.26. The molecule has 1 aromatic carbocycles. The fraction of sp³-hybridized carbons (Fsp3) is 0.400. The number of rotatable bonds is 3. The normalized spacial score (nSPS) is 29.5. The van der Waals surface area contributed by atoms with Crippen LogP contribution in [0, 0.1) is 23.2 Å². The molecule has 0 bridgehead atoms. The highest BCUT2D eigenvalue weighted by Crippen LogP contribution is 2.42. The molecule has 1 N–H and O–H groups in total. The minimum Gasteiger partial charge on any atom is -0.309 e. The molecule has 0 radical (unpaired) electrons. The molecule has 3 atom stereocenters. The van der Waals surface area contributed by atoms with Gasteiger partial charge in [-0.3, -0.25) is 0 Å². The van der Waals surface area contributed by atoms with Crippen LogP contribution in [-0.4, -0.2) is 6.04 Å². The molecule has 1 aromatic rings. The van der Waals surface area contributed by atoms with Crippen LogP contribution in [0.25, 0.3) is 0 Å². The quantitative estimate of drug-likeness (QED) is 0.801. The maximum Gasteiger partial charge on any atom is 0.0991 e. The molecule has 1 fully saturated rings. The van der Waals surface area contributed by atoms with Gasteiger partial charge in [0.15, 0.2) is 0 Å². The standard InChI is InChI=1S/C15H16N2/c16-9-11-4-6-12(7-5-11)10-17-15-8-13-2-1-3-14(13)15/h1,3-7,13-15,17H,2,8,10H2. The van der Waals surface area contributed by atoms with Crippen molar-refractivity contribution in [2.75, 3.05) is 0 Å². The summed E-state index contributed by atoms with van der Waals surface area (Å²) in [6, 6.07) is 10.6. The van der Waals surface area contributed by atoms with Gasteiger partial charge in [0.05, 0.1) is 11.6 Å². The molecule has 3 unspecified atom stereocenters. The molecule has 0 aliphatic heterocycles. The van der Waals surface area contributed by atoms with Crippen LogP contribution in [-0.2, 0) is 6.54 Å². The van der Waals surface area contributed by atoms with Crippen molar-refractivity contribution in [3.8, 4) is 6.07 Å². The average Bonchev–Trinajstić information content (AvgIpc) is 2.72.